The van der Waals surface area contributed by atoms with Gasteiger partial charge in [0, 0.05) is 12.6 Å². The maximum atomic E-state index is 5.58. The van der Waals surface area contributed by atoms with Gasteiger partial charge in [0.05, 0.1) is 0 Å². The third kappa shape index (κ3) is 3.05. The van der Waals surface area contributed by atoms with Gasteiger partial charge in [0.15, 0.2) is 0 Å². The van der Waals surface area contributed by atoms with Crippen molar-refractivity contribution in [3.05, 3.63) is 48.0 Å². The second-order valence-electron chi connectivity index (χ2n) is 4.48. The second-order valence-corrected chi connectivity index (χ2v) is 4.48. The zero-order valence-electron chi connectivity index (χ0n) is 10.3. The van der Waals surface area contributed by atoms with Crippen LogP contribution in [0.4, 0.5) is 0 Å². The van der Waals surface area contributed by atoms with Crippen molar-refractivity contribution < 1.29 is 0 Å². The number of hydrogen-bond acceptors (Lipinski definition) is 2. The Bertz CT molecular complexity index is 474. The van der Waals surface area contributed by atoms with Gasteiger partial charge in [0.25, 0.3) is 0 Å². The first-order valence-corrected chi connectivity index (χ1v) is 6.21. The fourth-order valence-corrected chi connectivity index (χ4v) is 2.05. The first kappa shape index (κ1) is 12.1. The Balaban J connectivity index is 2.08. The molecular weight excluding hydrogens is 208 g/mol. The fraction of sp³-hybridized carbons (Fsp3) is 0.333. The molecule has 0 fully saturated rings. The molecule has 1 unspecified atom stereocenters. The summed E-state index contributed by atoms with van der Waals surface area (Å²) in [5.74, 6) is 0. The molecule has 0 aliphatic rings. The molecule has 0 saturated carbocycles. The number of nitrogens with two attached hydrogens (primary N) is 1. The van der Waals surface area contributed by atoms with Crippen LogP contribution in [0.5, 0.6) is 0 Å². The highest BCUT2D eigenvalue weighted by molar-refractivity contribution is 5.85. The van der Waals surface area contributed by atoms with Gasteiger partial charge in [0.1, 0.15) is 0 Å². The van der Waals surface area contributed by atoms with Crippen LogP contribution in [0.1, 0.15) is 12.5 Å². The van der Waals surface area contributed by atoms with Crippen LogP contribution in [0.25, 0.3) is 10.8 Å². The molecule has 1 atom stereocenters. The minimum atomic E-state index is 0.393. The second kappa shape index (κ2) is 5.80. The molecule has 2 nitrogen and oxygen atoms in total. The number of nitrogens with one attached hydrogen (secondary N) is 1. The Kier molecular flexibility index (Phi) is 4.13. The summed E-state index contributed by atoms with van der Waals surface area (Å²) in [6.45, 7) is 3.78. The summed E-state index contributed by atoms with van der Waals surface area (Å²) < 4.78 is 0. The van der Waals surface area contributed by atoms with Crippen molar-refractivity contribution in [1.82, 2.24) is 5.32 Å². The topological polar surface area (TPSA) is 38.0 Å². The molecule has 0 spiro atoms. The third-order valence-electron chi connectivity index (χ3n) is 3.12. The van der Waals surface area contributed by atoms with Crippen LogP contribution >= 0.6 is 0 Å². The average molecular weight is 228 g/mol. The zero-order chi connectivity index (χ0) is 12.1. The molecule has 0 bridgehead atoms. The molecule has 2 rings (SSSR count). The Labute approximate surface area is 103 Å². The summed E-state index contributed by atoms with van der Waals surface area (Å²) >= 11 is 0. The molecule has 90 valence electrons. The van der Waals surface area contributed by atoms with E-state index < -0.39 is 0 Å². The molecule has 0 aliphatic carbocycles. The van der Waals surface area contributed by atoms with E-state index in [-0.39, 0.29) is 0 Å². The molecule has 0 aliphatic heterocycles. The van der Waals surface area contributed by atoms with E-state index in [4.69, 9.17) is 5.73 Å². The maximum absolute atomic E-state index is 5.58. The molecule has 3 N–H and O–H groups in total. The summed E-state index contributed by atoms with van der Waals surface area (Å²) in [4.78, 5) is 0. The Morgan fingerprint density at radius 2 is 1.88 bits per heavy atom. The Morgan fingerprint density at radius 1 is 1.12 bits per heavy atom. The maximum Gasteiger partial charge on any atom is 0.0162 e. The molecule has 17 heavy (non-hydrogen) atoms. The normalized spacial score (nSPS) is 12.8. The van der Waals surface area contributed by atoms with Crippen molar-refractivity contribution in [1.29, 1.82) is 0 Å². The van der Waals surface area contributed by atoms with Crippen LogP contribution in [0.15, 0.2) is 42.5 Å². The molecule has 2 aromatic rings. The van der Waals surface area contributed by atoms with E-state index in [0.717, 1.165) is 13.0 Å². The van der Waals surface area contributed by atoms with Gasteiger partial charge in [-0.05, 0) is 36.2 Å². The highest BCUT2D eigenvalue weighted by atomic mass is 14.9. The van der Waals surface area contributed by atoms with Crippen LogP contribution in [0, 0.1) is 0 Å². The Morgan fingerprint density at radius 3 is 2.71 bits per heavy atom. The van der Waals surface area contributed by atoms with E-state index in [0.29, 0.717) is 12.6 Å². The molecule has 0 amide bonds. The summed E-state index contributed by atoms with van der Waals surface area (Å²) in [5, 5.41) is 6.10. The number of benzene rings is 2. The largest absolute Gasteiger partial charge is 0.329 e. The molecular formula is C15H20N2. The third-order valence-corrected chi connectivity index (χ3v) is 3.12. The van der Waals surface area contributed by atoms with Gasteiger partial charge in [0.2, 0.25) is 0 Å². The molecule has 0 heterocycles. The van der Waals surface area contributed by atoms with E-state index in [2.05, 4.69) is 54.7 Å². The minimum absolute atomic E-state index is 0.393. The minimum Gasteiger partial charge on any atom is -0.329 e. The monoisotopic (exact) mass is 228 g/mol. The lowest BCUT2D eigenvalue weighted by Gasteiger charge is -2.12. The van der Waals surface area contributed by atoms with E-state index in [1.54, 1.807) is 0 Å². The first-order valence-electron chi connectivity index (χ1n) is 6.21. The van der Waals surface area contributed by atoms with Crippen molar-refractivity contribution in [2.24, 2.45) is 5.73 Å². The summed E-state index contributed by atoms with van der Waals surface area (Å²) in [6.07, 6.45) is 1.05. The van der Waals surface area contributed by atoms with Crippen LogP contribution < -0.4 is 11.1 Å². The summed E-state index contributed by atoms with van der Waals surface area (Å²) in [6, 6.07) is 15.4. The first-order chi connectivity index (χ1) is 8.31. The van der Waals surface area contributed by atoms with Crippen LogP contribution in [0.2, 0.25) is 0 Å². The Hall–Kier alpha value is -1.38. The number of fused-ring (bicyclic) bond motifs is 1. The van der Waals surface area contributed by atoms with Crippen molar-refractivity contribution in [2.75, 3.05) is 13.1 Å². The molecule has 2 heteroatoms. The van der Waals surface area contributed by atoms with Gasteiger partial charge < -0.3 is 11.1 Å². The summed E-state index contributed by atoms with van der Waals surface area (Å²) in [5.41, 5.74) is 6.98. The van der Waals surface area contributed by atoms with Gasteiger partial charge in [-0.15, -0.1) is 0 Å². The van der Waals surface area contributed by atoms with Gasteiger partial charge >= 0.3 is 0 Å². The number of hydrogen-bond donors (Lipinski definition) is 2. The SMILES string of the molecule is CC(CN)NCCc1cccc2ccccc12. The zero-order valence-corrected chi connectivity index (χ0v) is 10.3. The van der Waals surface area contributed by atoms with Crippen LogP contribution in [0.3, 0.4) is 0 Å². The fourth-order valence-electron chi connectivity index (χ4n) is 2.05. The van der Waals surface area contributed by atoms with Gasteiger partial charge in [-0.1, -0.05) is 42.5 Å². The molecule has 0 aromatic heterocycles. The molecule has 2 aromatic carbocycles. The van der Waals surface area contributed by atoms with E-state index in [1.807, 2.05) is 0 Å². The van der Waals surface area contributed by atoms with E-state index in [9.17, 15) is 0 Å². The van der Waals surface area contributed by atoms with Crippen molar-refractivity contribution in [3.63, 3.8) is 0 Å². The van der Waals surface area contributed by atoms with Crippen molar-refractivity contribution in [2.45, 2.75) is 19.4 Å². The van der Waals surface area contributed by atoms with Crippen molar-refractivity contribution in [3.8, 4) is 0 Å². The predicted molar refractivity (Wildman–Crippen MR) is 74.2 cm³/mol. The quantitative estimate of drug-likeness (QED) is 0.824. The highest BCUT2D eigenvalue weighted by Gasteiger charge is 2.01. The summed E-state index contributed by atoms with van der Waals surface area (Å²) in [7, 11) is 0. The lowest BCUT2D eigenvalue weighted by molar-refractivity contribution is 0.559. The smallest absolute Gasteiger partial charge is 0.0162 e. The van der Waals surface area contributed by atoms with Gasteiger partial charge in [-0.2, -0.15) is 0 Å². The van der Waals surface area contributed by atoms with Gasteiger partial charge in [-0.25, -0.2) is 0 Å². The number of rotatable bonds is 5. The van der Waals surface area contributed by atoms with Gasteiger partial charge in [-0.3, -0.25) is 0 Å². The highest BCUT2D eigenvalue weighted by Crippen LogP contribution is 2.18. The lowest BCUT2D eigenvalue weighted by Crippen LogP contribution is -2.34. The van der Waals surface area contributed by atoms with Crippen LogP contribution in [-0.2, 0) is 6.42 Å². The lowest BCUT2D eigenvalue weighted by atomic mass is 10.0. The molecule has 0 saturated heterocycles. The predicted octanol–water partition coefficient (Wildman–Crippen LogP) is 2.32. The average Bonchev–Trinajstić information content (AvgIpc) is 2.39. The molecule has 0 radical (unpaired) electrons. The van der Waals surface area contributed by atoms with Crippen LogP contribution in [-0.4, -0.2) is 19.1 Å². The standard InChI is InChI=1S/C15H20N2/c1-12(11-16)17-10-9-14-7-4-6-13-5-2-3-8-15(13)14/h2-8,12,17H,9-11,16H2,1H3. The van der Waals surface area contributed by atoms with E-state index >= 15 is 0 Å². The van der Waals surface area contributed by atoms with E-state index in [1.165, 1.54) is 16.3 Å². The van der Waals surface area contributed by atoms with Crippen molar-refractivity contribution >= 4 is 10.8 Å².